The highest BCUT2D eigenvalue weighted by atomic mass is 16.6. The van der Waals surface area contributed by atoms with E-state index in [0.717, 1.165) is 25.7 Å². The number of carbonyl (C=O) groups excluding carboxylic acids is 2. The quantitative estimate of drug-likeness (QED) is 0.117. The van der Waals surface area contributed by atoms with Crippen molar-refractivity contribution in [3.63, 3.8) is 0 Å². The molecule has 0 N–H and O–H groups in total. The van der Waals surface area contributed by atoms with Gasteiger partial charge in [-0.3, -0.25) is 0 Å². The van der Waals surface area contributed by atoms with Gasteiger partial charge >= 0.3 is 11.9 Å². The Hall–Kier alpha value is -0.940. The van der Waals surface area contributed by atoms with Crippen molar-refractivity contribution in [2.75, 3.05) is 26.4 Å². The first-order chi connectivity index (χ1) is 14.2. The van der Waals surface area contributed by atoms with E-state index in [9.17, 15) is 9.59 Å². The molecule has 0 saturated heterocycles. The summed E-state index contributed by atoms with van der Waals surface area (Å²) in [5.41, 5.74) is 0. The van der Waals surface area contributed by atoms with Gasteiger partial charge in [-0.15, -0.1) is 0 Å². The number of carbonyl (C=O) groups is 2. The molecule has 0 aliphatic carbocycles. The fraction of sp³-hybridized carbons (Fsp3) is 0.917. The van der Waals surface area contributed by atoms with Crippen molar-refractivity contribution in [2.24, 2.45) is 0 Å². The number of rotatable bonds is 22. The summed E-state index contributed by atoms with van der Waals surface area (Å²) in [6.07, 6.45) is 19.6. The molecule has 0 fully saturated rings. The summed E-state index contributed by atoms with van der Waals surface area (Å²) < 4.78 is 15.2. The Morgan fingerprint density at radius 1 is 0.483 bits per heavy atom. The molecule has 0 heterocycles. The van der Waals surface area contributed by atoms with E-state index in [2.05, 4.69) is 18.6 Å². The lowest BCUT2D eigenvalue weighted by atomic mass is 10.1. The van der Waals surface area contributed by atoms with E-state index in [-0.39, 0.29) is 13.2 Å². The third kappa shape index (κ3) is 23.2. The molecule has 0 aromatic heterocycles. The SMILES string of the molecule is CCCCCCCCCCOCC(=O)OC(=O)COCCCCCCCCCC. The molecule has 5 nitrogen and oxygen atoms in total. The number of unbranched alkanes of at least 4 members (excludes halogenated alkanes) is 14. The smallest absolute Gasteiger partial charge is 0.339 e. The van der Waals surface area contributed by atoms with E-state index in [0.29, 0.717) is 13.2 Å². The number of ether oxygens (including phenoxy) is 3. The van der Waals surface area contributed by atoms with E-state index >= 15 is 0 Å². The summed E-state index contributed by atoms with van der Waals surface area (Å²) in [5, 5.41) is 0. The van der Waals surface area contributed by atoms with Crippen LogP contribution in [0.25, 0.3) is 0 Å². The lowest BCUT2D eigenvalue weighted by Crippen LogP contribution is -2.21. The molecule has 0 aliphatic rings. The Morgan fingerprint density at radius 3 is 1.14 bits per heavy atom. The zero-order chi connectivity index (χ0) is 21.4. The minimum absolute atomic E-state index is 0.166. The Balaban J connectivity index is 3.32. The summed E-state index contributed by atoms with van der Waals surface area (Å²) in [5.74, 6) is -1.27. The molecular weight excluding hydrogens is 368 g/mol. The highest BCUT2D eigenvalue weighted by molar-refractivity contribution is 5.86. The Kier molecular flexibility index (Phi) is 22.6. The largest absolute Gasteiger partial charge is 0.390 e. The van der Waals surface area contributed by atoms with Crippen LogP contribution in [-0.4, -0.2) is 38.4 Å². The predicted octanol–water partition coefficient (Wildman–Crippen LogP) is 6.37. The summed E-state index contributed by atoms with van der Waals surface area (Å²) in [7, 11) is 0. The molecule has 0 radical (unpaired) electrons. The molecule has 0 spiro atoms. The van der Waals surface area contributed by atoms with Crippen LogP contribution in [0, 0.1) is 0 Å². The topological polar surface area (TPSA) is 61.8 Å². The third-order valence-corrected chi connectivity index (χ3v) is 4.95. The average Bonchev–Trinajstić information content (AvgIpc) is 2.70. The van der Waals surface area contributed by atoms with Gasteiger partial charge in [0.2, 0.25) is 0 Å². The van der Waals surface area contributed by atoms with Gasteiger partial charge in [-0.2, -0.15) is 0 Å². The van der Waals surface area contributed by atoms with Gasteiger partial charge in [-0.05, 0) is 12.8 Å². The molecular formula is C24H46O5. The number of esters is 2. The van der Waals surface area contributed by atoms with Gasteiger partial charge in [0.05, 0.1) is 0 Å². The molecule has 0 saturated carbocycles. The standard InChI is InChI=1S/C24H46O5/c1-3-5-7-9-11-13-15-17-19-27-21-23(25)29-24(26)22-28-20-18-16-14-12-10-8-6-4-2/h3-22H2,1-2H3. The molecule has 0 aromatic carbocycles. The van der Waals surface area contributed by atoms with E-state index < -0.39 is 11.9 Å². The van der Waals surface area contributed by atoms with Crippen molar-refractivity contribution in [3.05, 3.63) is 0 Å². The molecule has 29 heavy (non-hydrogen) atoms. The van der Waals surface area contributed by atoms with Gasteiger partial charge in [0, 0.05) is 13.2 Å². The van der Waals surface area contributed by atoms with E-state index in [1.807, 2.05) is 0 Å². The molecule has 0 bridgehead atoms. The second kappa shape index (κ2) is 23.3. The molecule has 172 valence electrons. The Labute approximate surface area is 179 Å². The van der Waals surface area contributed by atoms with Gasteiger partial charge in [-0.1, -0.05) is 104 Å². The maximum atomic E-state index is 11.5. The maximum absolute atomic E-state index is 11.5. The summed E-state index contributed by atoms with van der Waals surface area (Å²) in [6, 6.07) is 0. The zero-order valence-electron chi connectivity index (χ0n) is 19.2. The molecule has 0 aromatic rings. The van der Waals surface area contributed by atoms with E-state index in [1.54, 1.807) is 0 Å². The van der Waals surface area contributed by atoms with Crippen LogP contribution in [-0.2, 0) is 23.8 Å². The summed E-state index contributed by atoms with van der Waals surface area (Å²) >= 11 is 0. The van der Waals surface area contributed by atoms with Crippen LogP contribution < -0.4 is 0 Å². The van der Waals surface area contributed by atoms with Gasteiger partial charge < -0.3 is 14.2 Å². The van der Waals surface area contributed by atoms with Crippen LogP contribution in [0.3, 0.4) is 0 Å². The lowest BCUT2D eigenvalue weighted by molar-refractivity contribution is -0.165. The molecule has 0 rings (SSSR count). The number of hydrogen-bond donors (Lipinski definition) is 0. The summed E-state index contributed by atoms with van der Waals surface area (Å²) in [6.45, 7) is 5.18. The van der Waals surface area contributed by atoms with Gasteiger partial charge in [-0.25, -0.2) is 9.59 Å². The fourth-order valence-electron chi connectivity index (χ4n) is 3.17. The Morgan fingerprint density at radius 2 is 0.793 bits per heavy atom. The van der Waals surface area contributed by atoms with Crippen molar-refractivity contribution in [2.45, 2.75) is 117 Å². The van der Waals surface area contributed by atoms with Crippen molar-refractivity contribution < 1.29 is 23.8 Å². The van der Waals surface area contributed by atoms with Crippen LogP contribution >= 0.6 is 0 Å². The van der Waals surface area contributed by atoms with E-state index in [4.69, 9.17) is 9.47 Å². The Bertz CT molecular complexity index is 336. The van der Waals surface area contributed by atoms with Gasteiger partial charge in [0.1, 0.15) is 13.2 Å². The molecule has 0 aliphatic heterocycles. The molecule has 5 heteroatoms. The molecule has 0 unspecified atom stereocenters. The lowest BCUT2D eigenvalue weighted by Gasteiger charge is -2.06. The minimum atomic E-state index is -0.634. The zero-order valence-corrected chi connectivity index (χ0v) is 19.2. The van der Waals surface area contributed by atoms with Crippen molar-refractivity contribution in [3.8, 4) is 0 Å². The second-order valence-electron chi connectivity index (χ2n) is 7.90. The first-order valence-electron chi connectivity index (χ1n) is 12.1. The highest BCUT2D eigenvalue weighted by Gasteiger charge is 2.10. The third-order valence-electron chi connectivity index (χ3n) is 4.95. The predicted molar refractivity (Wildman–Crippen MR) is 118 cm³/mol. The van der Waals surface area contributed by atoms with Crippen LogP contribution in [0.5, 0.6) is 0 Å². The molecule has 0 atom stereocenters. The fourth-order valence-corrected chi connectivity index (χ4v) is 3.17. The van der Waals surface area contributed by atoms with Gasteiger partial charge in [0.15, 0.2) is 0 Å². The van der Waals surface area contributed by atoms with Crippen LogP contribution in [0.4, 0.5) is 0 Å². The normalized spacial score (nSPS) is 11.0. The first-order valence-corrected chi connectivity index (χ1v) is 12.1. The van der Waals surface area contributed by atoms with Crippen molar-refractivity contribution in [1.29, 1.82) is 0 Å². The van der Waals surface area contributed by atoms with Crippen LogP contribution in [0.15, 0.2) is 0 Å². The minimum Gasteiger partial charge on any atom is -0.390 e. The van der Waals surface area contributed by atoms with E-state index in [1.165, 1.54) is 77.0 Å². The first kappa shape index (κ1) is 28.1. The maximum Gasteiger partial charge on any atom is 0.339 e. The average molecular weight is 415 g/mol. The summed E-state index contributed by atoms with van der Waals surface area (Å²) in [4.78, 5) is 23.1. The number of hydrogen-bond acceptors (Lipinski definition) is 5. The van der Waals surface area contributed by atoms with Crippen LogP contribution in [0.1, 0.15) is 117 Å². The highest BCUT2D eigenvalue weighted by Crippen LogP contribution is 2.09. The van der Waals surface area contributed by atoms with Gasteiger partial charge in [0.25, 0.3) is 0 Å². The molecule has 0 amide bonds. The second-order valence-corrected chi connectivity index (χ2v) is 7.90. The van der Waals surface area contributed by atoms with Crippen molar-refractivity contribution >= 4 is 11.9 Å². The van der Waals surface area contributed by atoms with Crippen LogP contribution in [0.2, 0.25) is 0 Å². The van der Waals surface area contributed by atoms with Crippen molar-refractivity contribution in [1.82, 2.24) is 0 Å². The monoisotopic (exact) mass is 414 g/mol.